The van der Waals surface area contributed by atoms with Gasteiger partial charge in [-0.05, 0) is 56.8 Å². The van der Waals surface area contributed by atoms with Crippen LogP contribution in [0.1, 0.15) is 49.4 Å². The lowest BCUT2D eigenvalue weighted by Crippen LogP contribution is -2.55. The molecule has 0 saturated carbocycles. The number of benzene rings is 1. The molecule has 2 saturated heterocycles. The van der Waals surface area contributed by atoms with Gasteiger partial charge in [-0.15, -0.1) is 0 Å². The summed E-state index contributed by atoms with van der Waals surface area (Å²) in [6.07, 6.45) is 6.29. The zero-order chi connectivity index (χ0) is 15.4. The fraction of sp³-hybridized carbons (Fsp3) is 0.632. The van der Waals surface area contributed by atoms with Crippen molar-refractivity contribution in [2.75, 3.05) is 26.2 Å². The van der Waals surface area contributed by atoms with E-state index < -0.39 is 0 Å². The largest absolute Gasteiger partial charge is 0.338 e. The number of hydrogen-bond acceptors (Lipinski definition) is 2. The van der Waals surface area contributed by atoms with E-state index in [1.54, 1.807) is 0 Å². The molecule has 3 heteroatoms. The molecule has 0 unspecified atom stereocenters. The van der Waals surface area contributed by atoms with Crippen molar-refractivity contribution in [3.63, 3.8) is 0 Å². The predicted octanol–water partition coefficient (Wildman–Crippen LogP) is 3.41. The van der Waals surface area contributed by atoms with E-state index >= 15 is 0 Å². The Hall–Kier alpha value is -1.35. The van der Waals surface area contributed by atoms with Crippen LogP contribution in [0.3, 0.4) is 0 Å². The summed E-state index contributed by atoms with van der Waals surface area (Å²) in [7, 11) is 0. The third-order valence-electron chi connectivity index (χ3n) is 5.29. The van der Waals surface area contributed by atoms with Crippen LogP contribution < -0.4 is 0 Å². The monoisotopic (exact) mass is 300 g/mol. The quantitative estimate of drug-likeness (QED) is 0.850. The molecule has 2 fully saturated rings. The lowest BCUT2D eigenvalue weighted by Gasteiger charge is -2.47. The minimum Gasteiger partial charge on any atom is -0.338 e. The summed E-state index contributed by atoms with van der Waals surface area (Å²) in [5.74, 6) is 0.886. The SMILES string of the molecule is CCCCN1CCC[C@@H]2CN(C(=O)c3ccccc3)CC[C@H]21. The van der Waals surface area contributed by atoms with Gasteiger partial charge in [0.25, 0.3) is 5.91 Å². The summed E-state index contributed by atoms with van der Waals surface area (Å²) in [5.41, 5.74) is 0.833. The number of rotatable bonds is 4. The predicted molar refractivity (Wildman–Crippen MR) is 90.0 cm³/mol. The average molecular weight is 300 g/mol. The molecule has 3 nitrogen and oxygen atoms in total. The second kappa shape index (κ2) is 7.28. The number of unbranched alkanes of at least 4 members (excludes halogenated alkanes) is 1. The van der Waals surface area contributed by atoms with Gasteiger partial charge in [0.15, 0.2) is 0 Å². The Morgan fingerprint density at radius 3 is 2.77 bits per heavy atom. The zero-order valence-electron chi connectivity index (χ0n) is 13.7. The van der Waals surface area contributed by atoms with E-state index in [1.165, 1.54) is 38.8 Å². The molecular weight excluding hydrogens is 272 g/mol. The molecule has 120 valence electrons. The lowest BCUT2D eigenvalue weighted by atomic mass is 9.83. The van der Waals surface area contributed by atoms with E-state index in [-0.39, 0.29) is 5.91 Å². The van der Waals surface area contributed by atoms with E-state index in [0.29, 0.717) is 12.0 Å². The maximum atomic E-state index is 12.6. The van der Waals surface area contributed by atoms with Gasteiger partial charge in [0.05, 0.1) is 0 Å². The Kier molecular flexibility index (Phi) is 5.14. The molecule has 1 aromatic carbocycles. The van der Waals surface area contributed by atoms with Gasteiger partial charge in [-0.3, -0.25) is 9.69 Å². The van der Waals surface area contributed by atoms with E-state index in [2.05, 4.69) is 16.7 Å². The molecule has 2 aliphatic heterocycles. The van der Waals surface area contributed by atoms with Crippen molar-refractivity contribution in [3.8, 4) is 0 Å². The number of piperidine rings is 2. The fourth-order valence-corrected chi connectivity index (χ4v) is 4.09. The number of likely N-dealkylation sites (tertiary alicyclic amines) is 2. The molecule has 22 heavy (non-hydrogen) atoms. The molecule has 2 heterocycles. The van der Waals surface area contributed by atoms with Crippen LogP contribution in [0, 0.1) is 5.92 Å². The van der Waals surface area contributed by atoms with Crippen molar-refractivity contribution >= 4 is 5.91 Å². The number of amides is 1. The van der Waals surface area contributed by atoms with Crippen LogP contribution in [0.2, 0.25) is 0 Å². The molecule has 1 aromatic rings. The van der Waals surface area contributed by atoms with Gasteiger partial charge >= 0.3 is 0 Å². The van der Waals surface area contributed by atoms with Crippen molar-refractivity contribution in [3.05, 3.63) is 35.9 Å². The highest BCUT2D eigenvalue weighted by atomic mass is 16.2. The summed E-state index contributed by atoms with van der Waals surface area (Å²) in [5, 5.41) is 0. The van der Waals surface area contributed by atoms with Crippen LogP contribution in [0.15, 0.2) is 30.3 Å². The molecule has 0 spiro atoms. The minimum absolute atomic E-state index is 0.213. The molecule has 0 N–H and O–H groups in total. The van der Waals surface area contributed by atoms with Gasteiger partial charge in [0.2, 0.25) is 0 Å². The third kappa shape index (κ3) is 3.35. The van der Waals surface area contributed by atoms with Crippen LogP contribution in [0.5, 0.6) is 0 Å². The lowest BCUT2D eigenvalue weighted by molar-refractivity contribution is 0.0206. The molecule has 3 rings (SSSR count). The Morgan fingerprint density at radius 2 is 2.00 bits per heavy atom. The minimum atomic E-state index is 0.213. The second-order valence-electron chi connectivity index (χ2n) is 6.77. The van der Waals surface area contributed by atoms with E-state index in [4.69, 9.17) is 0 Å². The van der Waals surface area contributed by atoms with E-state index in [9.17, 15) is 4.79 Å². The Morgan fingerprint density at radius 1 is 1.18 bits per heavy atom. The van der Waals surface area contributed by atoms with Crippen molar-refractivity contribution < 1.29 is 4.79 Å². The molecule has 0 radical (unpaired) electrons. The molecule has 0 bridgehead atoms. The van der Waals surface area contributed by atoms with Crippen LogP contribution >= 0.6 is 0 Å². The third-order valence-corrected chi connectivity index (χ3v) is 5.29. The van der Waals surface area contributed by atoms with Crippen molar-refractivity contribution in [2.45, 2.75) is 45.1 Å². The van der Waals surface area contributed by atoms with E-state index in [1.807, 2.05) is 30.3 Å². The molecular formula is C19H28N2O. The van der Waals surface area contributed by atoms with Gasteiger partial charge in [0, 0.05) is 24.7 Å². The fourth-order valence-electron chi connectivity index (χ4n) is 4.09. The Balaban J connectivity index is 1.63. The molecule has 0 aromatic heterocycles. The normalized spacial score (nSPS) is 25.8. The summed E-state index contributed by atoms with van der Waals surface area (Å²) >= 11 is 0. The molecule has 1 amide bonds. The molecule has 2 aliphatic rings. The number of fused-ring (bicyclic) bond motifs is 1. The highest BCUT2D eigenvalue weighted by molar-refractivity contribution is 5.94. The summed E-state index contributed by atoms with van der Waals surface area (Å²) < 4.78 is 0. The Bertz CT molecular complexity index is 487. The van der Waals surface area contributed by atoms with Gasteiger partial charge in [-0.25, -0.2) is 0 Å². The highest BCUT2D eigenvalue weighted by Gasteiger charge is 2.36. The van der Waals surface area contributed by atoms with Crippen molar-refractivity contribution in [2.24, 2.45) is 5.92 Å². The molecule has 2 atom stereocenters. The number of carbonyl (C=O) groups excluding carboxylic acids is 1. The van der Waals surface area contributed by atoms with Crippen LogP contribution in [0.25, 0.3) is 0 Å². The van der Waals surface area contributed by atoms with Crippen molar-refractivity contribution in [1.29, 1.82) is 0 Å². The first-order valence-corrected chi connectivity index (χ1v) is 8.88. The first kappa shape index (κ1) is 15.5. The number of hydrogen-bond donors (Lipinski definition) is 0. The summed E-state index contributed by atoms with van der Waals surface area (Å²) in [6.45, 7) is 6.62. The number of carbonyl (C=O) groups is 1. The number of nitrogens with zero attached hydrogens (tertiary/aromatic N) is 2. The molecule has 0 aliphatic carbocycles. The maximum absolute atomic E-state index is 12.6. The standard InChI is InChI=1S/C19H28N2O/c1-2-3-12-20-13-7-10-17-15-21(14-11-18(17)20)19(22)16-8-5-4-6-9-16/h4-6,8-9,17-18H,2-3,7,10-15H2,1H3/t17-,18-/m1/s1. The summed E-state index contributed by atoms with van der Waals surface area (Å²) in [4.78, 5) is 17.4. The topological polar surface area (TPSA) is 23.6 Å². The smallest absolute Gasteiger partial charge is 0.253 e. The maximum Gasteiger partial charge on any atom is 0.253 e. The van der Waals surface area contributed by atoms with Gasteiger partial charge in [-0.1, -0.05) is 31.5 Å². The van der Waals surface area contributed by atoms with Gasteiger partial charge < -0.3 is 4.90 Å². The zero-order valence-corrected chi connectivity index (χ0v) is 13.7. The van der Waals surface area contributed by atoms with Gasteiger partial charge in [0.1, 0.15) is 0 Å². The van der Waals surface area contributed by atoms with Crippen LogP contribution in [0.4, 0.5) is 0 Å². The van der Waals surface area contributed by atoms with Crippen LogP contribution in [-0.2, 0) is 0 Å². The van der Waals surface area contributed by atoms with Crippen LogP contribution in [-0.4, -0.2) is 47.9 Å². The summed E-state index contributed by atoms with van der Waals surface area (Å²) in [6, 6.07) is 10.4. The first-order valence-electron chi connectivity index (χ1n) is 8.88. The first-order chi connectivity index (χ1) is 10.8. The average Bonchev–Trinajstić information content (AvgIpc) is 2.59. The van der Waals surface area contributed by atoms with E-state index in [0.717, 1.165) is 25.1 Å². The van der Waals surface area contributed by atoms with Gasteiger partial charge in [-0.2, -0.15) is 0 Å². The Labute approximate surface area is 134 Å². The highest BCUT2D eigenvalue weighted by Crippen LogP contribution is 2.31. The van der Waals surface area contributed by atoms with Crippen molar-refractivity contribution in [1.82, 2.24) is 9.80 Å². The second-order valence-corrected chi connectivity index (χ2v) is 6.77.